The number of aromatic nitrogens is 1. The van der Waals surface area contributed by atoms with Gasteiger partial charge in [-0.3, -0.25) is 4.79 Å². The van der Waals surface area contributed by atoms with E-state index in [1.54, 1.807) is 6.92 Å². The standard InChI is InChI=1S/C11H8Cl3N3OS/c1-4-9(19-11(15)16-4)10(18)17-8-6(13)2-5(12)3-7(8)14/h2-3H,1H3,(H2,15,16)(H,17,18). The van der Waals surface area contributed by atoms with E-state index in [0.717, 1.165) is 11.3 Å². The topological polar surface area (TPSA) is 68.0 Å². The number of hydrogen-bond acceptors (Lipinski definition) is 4. The fourth-order valence-corrected chi connectivity index (χ4v) is 3.10. The van der Waals surface area contributed by atoms with Crippen molar-refractivity contribution in [3.63, 3.8) is 0 Å². The molecule has 2 rings (SSSR count). The lowest BCUT2D eigenvalue weighted by molar-refractivity contribution is 0.103. The third-order valence-corrected chi connectivity index (χ3v) is 4.06. The van der Waals surface area contributed by atoms with E-state index in [-0.39, 0.29) is 16.0 Å². The van der Waals surface area contributed by atoms with Crippen molar-refractivity contribution >= 4 is 62.9 Å². The number of nitrogens with one attached hydrogen (secondary N) is 1. The molecule has 0 bridgehead atoms. The lowest BCUT2D eigenvalue weighted by Crippen LogP contribution is -2.12. The molecule has 0 saturated heterocycles. The molecule has 19 heavy (non-hydrogen) atoms. The van der Waals surface area contributed by atoms with Gasteiger partial charge in [-0.25, -0.2) is 4.98 Å². The van der Waals surface area contributed by atoms with E-state index >= 15 is 0 Å². The minimum atomic E-state index is -0.363. The molecule has 100 valence electrons. The minimum absolute atomic E-state index is 0.265. The average Bonchev–Trinajstić information content (AvgIpc) is 2.62. The predicted octanol–water partition coefficient (Wildman–Crippen LogP) is 4.25. The summed E-state index contributed by atoms with van der Waals surface area (Å²) >= 11 is 18.9. The predicted molar refractivity (Wildman–Crippen MR) is 80.7 cm³/mol. The van der Waals surface area contributed by atoms with E-state index in [1.165, 1.54) is 12.1 Å². The van der Waals surface area contributed by atoms with Crippen LogP contribution in [0.15, 0.2) is 12.1 Å². The van der Waals surface area contributed by atoms with Crippen molar-refractivity contribution < 1.29 is 4.79 Å². The Morgan fingerprint density at radius 2 is 1.89 bits per heavy atom. The van der Waals surface area contributed by atoms with Crippen LogP contribution in [0.5, 0.6) is 0 Å². The van der Waals surface area contributed by atoms with E-state index < -0.39 is 0 Å². The van der Waals surface area contributed by atoms with Crippen molar-refractivity contribution in [2.24, 2.45) is 0 Å². The van der Waals surface area contributed by atoms with Crippen LogP contribution in [0.3, 0.4) is 0 Å². The van der Waals surface area contributed by atoms with Gasteiger partial charge in [0.15, 0.2) is 5.13 Å². The molecule has 1 aromatic carbocycles. The van der Waals surface area contributed by atoms with Crippen molar-refractivity contribution in [3.8, 4) is 0 Å². The fourth-order valence-electron chi connectivity index (χ4n) is 1.46. The summed E-state index contributed by atoms with van der Waals surface area (Å²) in [6.45, 7) is 1.70. The van der Waals surface area contributed by atoms with Gasteiger partial charge in [0.25, 0.3) is 5.91 Å². The summed E-state index contributed by atoms with van der Waals surface area (Å²) in [5.41, 5.74) is 6.41. The lowest BCUT2D eigenvalue weighted by Gasteiger charge is -2.09. The molecule has 0 aliphatic heterocycles. The molecular formula is C11H8Cl3N3OS. The minimum Gasteiger partial charge on any atom is -0.375 e. The maximum atomic E-state index is 12.1. The second-order valence-electron chi connectivity index (χ2n) is 3.67. The number of carbonyl (C=O) groups is 1. The zero-order chi connectivity index (χ0) is 14.2. The Hall–Kier alpha value is -1.01. The molecule has 0 aliphatic rings. The van der Waals surface area contributed by atoms with Crippen molar-refractivity contribution in [1.29, 1.82) is 0 Å². The van der Waals surface area contributed by atoms with E-state index in [0.29, 0.717) is 26.4 Å². The number of amides is 1. The highest BCUT2D eigenvalue weighted by molar-refractivity contribution is 7.17. The molecule has 1 amide bonds. The van der Waals surface area contributed by atoms with Crippen LogP contribution in [0.4, 0.5) is 10.8 Å². The first-order valence-corrected chi connectivity index (χ1v) is 7.02. The molecule has 0 aliphatic carbocycles. The van der Waals surface area contributed by atoms with Gasteiger partial charge in [0.1, 0.15) is 4.88 Å². The van der Waals surface area contributed by atoms with E-state index in [2.05, 4.69) is 10.3 Å². The van der Waals surface area contributed by atoms with Gasteiger partial charge in [0.05, 0.1) is 21.4 Å². The summed E-state index contributed by atoms with van der Waals surface area (Å²) in [6.07, 6.45) is 0. The van der Waals surface area contributed by atoms with Crippen LogP contribution in [-0.4, -0.2) is 10.9 Å². The molecule has 2 aromatic rings. The summed E-state index contributed by atoms with van der Waals surface area (Å²) in [7, 11) is 0. The molecule has 1 aromatic heterocycles. The van der Waals surface area contributed by atoms with Crippen LogP contribution < -0.4 is 11.1 Å². The van der Waals surface area contributed by atoms with Crippen molar-refractivity contribution in [3.05, 3.63) is 37.8 Å². The lowest BCUT2D eigenvalue weighted by atomic mass is 10.3. The summed E-state index contributed by atoms with van der Waals surface area (Å²) < 4.78 is 0. The molecule has 0 fully saturated rings. The number of aryl methyl sites for hydroxylation is 1. The van der Waals surface area contributed by atoms with Gasteiger partial charge >= 0.3 is 0 Å². The number of nitrogen functional groups attached to an aromatic ring is 1. The zero-order valence-electron chi connectivity index (χ0n) is 9.63. The Labute approximate surface area is 128 Å². The average molecular weight is 337 g/mol. The Balaban J connectivity index is 2.32. The number of carbonyl (C=O) groups excluding carboxylic acids is 1. The summed E-state index contributed by atoms with van der Waals surface area (Å²) in [5.74, 6) is -0.363. The molecule has 0 spiro atoms. The van der Waals surface area contributed by atoms with Crippen LogP contribution >= 0.6 is 46.1 Å². The van der Waals surface area contributed by atoms with E-state index in [1.807, 2.05) is 0 Å². The van der Waals surface area contributed by atoms with Gasteiger partial charge in [-0.05, 0) is 19.1 Å². The van der Waals surface area contributed by atoms with Crippen LogP contribution in [0.1, 0.15) is 15.4 Å². The number of nitrogens with zero attached hydrogens (tertiary/aromatic N) is 1. The molecule has 8 heteroatoms. The molecule has 0 unspecified atom stereocenters. The summed E-state index contributed by atoms with van der Waals surface area (Å²) in [4.78, 5) is 16.5. The van der Waals surface area contributed by atoms with Crippen LogP contribution in [0.2, 0.25) is 15.1 Å². The van der Waals surface area contributed by atoms with E-state index in [9.17, 15) is 4.79 Å². The smallest absolute Gasteiger partial charge is 0.267 e. The Kier molecular flexibility index (Phi) is 4.20. The van der Waals surface area contributed by atoms with E-state index in [4.69, 9.17) is 40.5 Å². The molecule has 0 radical (unpaired) electrons. The largest absolute Gasteiger partial charge is 0.375 e. The third-order valence-electron chi connectivity index (χ3n) is 2.26. The Bertz CT molecular complexity index is 634. The number of rotatable bonds is 2. The fraction of sp³-hybridized carbons (Fsp3) is 0.0909. The van der Waals surface area contributed by atoms with Crippen molar-refractivity contribution in [1.82, 2.24) is 4.98 Å². The quantitative estimate of drug-likeness (QED) is 0.861. The zero-order valence-corrected chi connectivity index (χ0v) is 12.7. The molecule has 3 N–H and O–H groups in total. The molecule has 1 heterocycles. The monoisotopic (exact) mass is 335 g/mol. The highest BCUT2D eigenvalue weighted by Crippen LogP contribution is 2.34. The second-order valence-corrected chi connectivity index (χ2v) is 5.95. The first kappa shape index (κ1) is 14.4. The molecular weight excluding hydrogens is 329 g/mol. The maximum absolute atomic E-state index is 12.1. The molecule has 4 nitrogen and oxygen atoms in total. The Morgan fingerprint density at radius 1 is 1.32 bits per heavy atom. The summed E-state index contributed by atoms with van der Waals surface area (Å²) in [6, 6.07) is 3.00. The van der Waals surface area contributed by atoms with Gasteiger partial charge < -0.3 is 11.1 Å². The molecule has 0 atom stereocenters. The number of benzene rings is 1. The number of thiazole rings is 1. The second kappa shape index (κ2) is 5.54. The number of nitrogens with two attached hydrogens (primary N) is 1. The third kappa shape index (κ3) is 3.12. The summed E-state index contributed by atoms with van der Waals surface area (Å²) in [5, 5.41) is 3.88. The van der Waals surface area contributed by atoms with Crippen molar-refractivity contribution in [2.45, 2.75) is 6.92 Å². The highest BCUT2D eigenvalue weighted by Gasteiger charge is 2.17. The normalized spacial score (nSPS) is 10.5. The van der Waals surface area contributed by atoms with Crippen LogP contribution in [-0.2, 0) is 0 Å². The SMILES string of the molecule is Cc1nc(N)sc1C(=O)Nc1c(Cl)cc(Cl)cc1Cl. The maximum Gasteiger partial charge on any atom is 0.267 e. The highest BCUT2D eigenvalue weighted by atomic mass is 35.5. The molecule has 0 saturated carbocycles. The Morgan fingerprint density at radius 3 is 2.37 bits per heavy atom. The van der Waals surface area contributed by atoms with Gasteiger partial charge in [-0.15, -0.1) is 0 Å². The van der Waals surface area contributed by atoms with Gasteiger partial charge in [-0.1, -0.05) is 46.1 Å². The van der Waals surface area contributed by atoms with Gasteiger partial charge in [0, 0.05) is 5.02 Å². The van der Waals surface area contributed by atoms with Gasteiger partial charge in [0.2, 0.25) is 0 Å². The van der Waals surface area contributed by atoms with Gasteiger partial charge in [-0.2, -0.15) is 0 Å². The number of anilines is 2. The number of hydrogen-bond donors (Lipinski definition) is 2. The first-order chi connectivity index (χ1) is 8.88. The number of halogens is 3. The van der Waals surface area contributed by atoms with Crippen molar-refractivity contribution in [2.75, 3.05) is 11.1 Å². The first-order valence-electron chi connectivity index (χ1n) is 5.07. The van der Waals surface area contributed by atoms with Crippen LogP contribution in [0, 0.1) is 6.92 Å². The van der Waals surface area contributed by atoms with Crippen LogP contribution in [0.25, 0.3) is 0 Å².